The van der Waals surface area contributed by atoms with E-state index in [-0.39, 0.29) is 28.9 Å². The summed E-state index contributed by atoms with van der Waals surface area (Å²) >= 11 is 6.33. The number of halogens is 4. The van der Waals surface area contributed by atoms with Crippen LogP contribution in [0.3, 0.4) is 0 Å². The molecule has 0 saturated carbocycles. The molecule has 42 heavy (non-hydrogen) atoms. The van der Waals surface area contributed by atoms with Crippen LogP contribution in [-0.2, 0) is 24.1 Å². The van der Waals surface area contributed by atoms with Crippen molar-refractivity contribution in [2.75, 3.05) is 24.0 Å². The van der Waals surface area contributed by atoms with Gasteiger partial charge >= 0.3 is 12.1 Å². The first kappa shape index (κ1) is 29.1. The van der Waals surface area contributed by atoms with Crippen LogP contribution in [0.5, 0.6) is 5.75 Å². The summed E-state index contributed by atoms with van der Waals surface area (Å²) in [6.45, 7) is 2.79. The van der Waals surface area contributed by atoms with Crippen LogP contribution in [0.2, 0.25) is 5.02 Å². The number of nitrogens with zero attached hydrogens (tertiary/aromatic N) is 5. The monoisotopic (exact) mass is 598 g/mol. The molecule has 1 unspecified atom stereocenters. The van der Waals surface area contributed by atoms with Gasteiger partial charge in [-0.3, -0.25) is 9.78 Å². The lowest BCUT2D eigenvalue weighted by Crippen LogP contribution is -2.24. The highest BCUT2D eigenvalue weighted by molar-refractivity contribution is 6.33. The first-order chi connectivity index (χ1) is 20.1. The summed E-state index contributed by atoms with van der Waals surface area (Å²) in [6.07, 6.45) is -1.56. The van der Waals surface area contributed by atoms with Crippen molar-refractivity contribution in [3.05, 3.63) is 100 Å². The molecule has 5 rings (SSSR count). The number of rotatable bonds is 9. The fourth-order valence-electron chi connectivity index (χ4n) is 4.79. The van der Waals surface area contributed by atoms with Crippen molar-refractivity contribution in [2.24, 2.45) is 0 Å². The molecule has 0 amide bonds. The molecule has 218 valence electrons. The van der Waals surface area contributed by atoms with Crippen LogP contribution in [0.1, 0.15) is 40.9 Å². The average molecular weight is 599 g/mol. The van der Waals surface area contributed by atoms with Gasteiger partial charge in [0.05, 0.1) is 47.0 Å². The number of aromatic nitrogens is 3. The summed E-state index contributed by atoms with van der Waals surface area (Å²) in [7, 11) is 1.59. The molecule has 0 aliphatic carbocycles. The number of pyridine rings is 1. The van der Waals surface area contributed by atoms with Crippen molar-refractivity contribution in [1.82, 2.24) is 20.0 Å². The molecule has 13 heteroatoms. The summed E-state index contributed by atoms with van der Waals surface area (Å²) in [5.41, 5.74) is 5.18. The van der Waals surface area contributed by atoms with Gasteiger partial charge < -0.3 is 20.2 Å². The molecule has 0 saturated heterocycles. The Labute approximate surface area is 244 Å². The highest BCUT2D eigenvalue weighted by Crippen LogP contribution is 2.40. The molecule has 2 N–H and O–H groups in total. The van der Waals surface area contributed by atoms with Crippen molar-refractivity contribution in [1.29, 1.82) is 0 Å². The quantitative estimate of drug-likeness (QED) is 0.231. The van der Waals surface area contributed by atoms with Gasteiger partial charge in [0.2, 0.25) is 5.95 Å². The van der Waals surface area contributed by atoms with Crippen molar-refractivity contribution in [3.63, 3.8) is 0 Å². The highest BCUT2D eigenvalue weighted by atomic mass is 35.5. The van der Waals surface area contributed by atoms with Gasteiger partial charge in [-0.15, -0.1) is 0 Å². The number of nitrogens with one attached hydrogen (secondary N) is 1. The minimum absolute atomic E-state index is 0.108. The minimum Gasteiger partial charge on any atom is -0.497 e. The van der Waals surface area contributed by atoms with Gasteiger partial charge in [0.25, 0.3) is 0 Å². The number of carboxylic acid groups (broad SMARTS) is 1. The Hall–Kier alpha value is -4.42. The number of hydrazine groups is 1. The van der Waals surface area contributed by atoms with E-state index >= 15 is 0 Å². The average Bonchev–Trinajstić information content (AvgIpc) is 3.37. The molecule has 2 aromatic heterocycles. The third kappa shape index (κ3) is 5.95. The van der Waals surface area contributed by atoms with Crippen LogP contribution in [0.25, 0.3) is 0 Å². The largest absolute Gasteiger partial charge is 0.497 e. The second-order valence-corrected chi connectivity index (χ2v) is 9.92. The van der Waals surface area contributed by atoms with E-state index in [0.29, 0.717) is 30.0 Å². The maximum atomic E-state index is 13.3. The van der Waals surface area contributed by atoms with Crippen LogP contribution in [0, 0.1) is 0 Å². The zero-order chi connectivity index (χ0) is 30.0. The number of aliphatic carboxylic acids is 1. The minimum atomic E-state index is -4.56. The lowest BCUT2D eigenvalue weighted by Gasteiger charge is -2.25. The first-order valence-electron chi connectivity index (χ1n) is 12.9. The smallest absolute Gasteiger partial charge is 0.416 e. The Bertz CT molecular complexity index is 1590. The van der Waals surface area contributed by atoms with Gasteiger partial charge in [0.1, 0.15) is 11.7 Å². The third-order valence-corrected chi connectivity index (χ3v) is 7.11. The summed E-state index contributed by atoms with van der Waals surface area (Å²) < 4.78 is 45.1. The lowest BCUT2D eigenvalue weighted by molar-refractivity contribution is -0.138. The maximum Gasteiger partial charge on any atom is 0.416 e. The highest BCUT2D eigenvalue weighted by Gasteiger charge is 2.35. The Kier molecular flexibility index (Phi) is 8.19. The number of anilines is 3. The number of hydrogen-bond donors (Lipinski definition) is 2. The SMILES string of the molecule is CCN(c1nc2c(c(C(C(=O)O)c3cccnc3)n1)NN(Cc1ccc(OC)cc1)C2)c1ccc(C(F)(F)F)cc1Cl. The molecular formula is C29H26ClF3N6O3. The molecule has 1 aliphatic rings. The van der Waals surface area contributed by atoms with E-state index in [0.717, 1.165) is 23.4 Å². The van der Waals surface area contributed by atoms with E-state index in [1.807, 2.05) is 29.3 Å². The van der Waals surface area contributed by atoms with Gasteiger partial charge in [-0.25, -0.2) is 15.0 Å². The molecule has 9 nitrogen and oxygen atoms in total. The Balaban J connectivity index is 1.58. The Morgan fingerprint density at radius 3 is 2.55 bits per heavy atom. The van der Waals surface area contributed by atoms with Gasteiger partial charge in [-0.1, -0.05) is 29.8 Å². The van der Waals surface area contributed by atoms with Crippen LogP contribution < -0.4 is 15.1 Å². The van der Waals surface area contributed by atoms with E-state index < -0.39 is 23.6 Å². The fraction of sp³-hybridized carbons (Fsp3) is 0.241. The second kappa shape index (κ2) is 11.8. The molecule has 0 spiro atoms. The van der Waals surface area contributed by atoms with Gasteiger partial charge in [0.15, 0.2) is 0 Å². The number of carboxylic acids is 1. The van der Waals surface area contributed by atoms with E-state index in [2.05, 4.69) is 15.4 Å². The molecule has 0 fully saturated rings. The molecule has 3 heterocycles. The van der Waals surface area contributed by atoms with Crippen LogP contribution in [0.15, 0.2) is 67.0 Å². The van der Waals surface area contributed by atoms with E-state index in [1.165, 1.54) is 12.3 Å². The predicted molar refractivity (Wildman–Crippen MR) is 151 cm³/mol. The summed E-state index contributed by atoms with van der Waals surface area (Å²) in [6, 6.07) is 13.9. The predicted octanol–water partition coefficient (Wildman–Crippen LogP) is 6.27. The number of ether oxygens (including phenoxy) is 1. The standard InChI is InChI=1S/C29H26ClF3N6O3/c1-3-39(23-11-8-19(13-21(23)30)29(31,32)33)28-35-22-16-38(15-17-6-9-20(42-2)10-7-17)37-25(22)26(36-28)24(27(40)41)18-5-4-12-34-14-18/h4-14,24,37H,3,15-16H2,1-2H3,(H,40,41). The molecule has 0 bridgehead atoms. The van der Waals surface area contributed by atoms with Crippen molar-refractivity contribution in [3.8, 4) is 5.75 Å². The van der Waals surface area contributed by atoms with Crippen molar-refractivity contribution in [2.45, 2.75) is 32.1 Å². The maximum absolute atomic E-state index is 13.3. The molecule has 2 aromatic carbocycles. The van der Waals surface area contributed by atoms with Gasteiger partial charge in [0, 0.05) is 25.5 Å². The number of fused-ring (bicyclic) bond motifs is 1. The van der Waals surface area contributed by atoms with E-state index in [1.54, 1.807) is 37.3 Å². The van der Waals surface area contributed by atoms with Crippen LogP contribution in [-0.4, -0.2) is 44.7 Å². The normalized spacial score (nSPS) is 13.8. The van der Waals surface area contributed by atoms with Crippen molar-refractivity contribution < 1.29 is 27.8 Å². The first-order valence-corrected chi connectivity index (χ1v) is 13.3. The zero-order valence-electron chi connectivity index (χ0n) is 22.6. The number of hydrogen-bond acceptors (Lipinski definition) is 8. The molecule has 1 atom stereocenters. The van der Waals surface area contributed by atoms with Crippen LogP contribution >= 0.6 is 11.6 Å². The molecule has 0 radical (unpaired) electrons. The van der Waals surface area contributed by atoms with Crippen LogP contribution in [0.4, 0.5) is 30.5 Å². The molecule has 1 aliphatic heterocycles. The van der Waals surface area contributed by atoms with E-state index in [4.69, 9.17) is 21.3 Å². The van der Waals surface area contributed by atoms with Gasteiger partial charge in [-0.05, 0) is 54.4 Å². The second-order valence-electron chi connectivity index (χ2n) is 9.51. The Morgan fingerprint density at radius 1 is 1.19 bits per heavy atom. The number of alkyl halides is 3. The Morgan fingerprint density at radius 2 is 1.95 bits per heavy atom. The fourth-order valence-corrected chi connectivity index (χ4v) is 5.07. The molecular weight excluding hydrogens is 573 g/mol. The summed E-state index contributed by atoms with van der Waals surface area (Å²) in [5, 5.41) is 12.1. The van der Waals surface area contributed by atoms with E-state index in [9.17, 15) is 23.1 Å². The molecule has 4 aromatic rings. The lowest BCUT2D eigenvalue weighted by atomic mass is 9.95. The summed E-state index contributed by atoms with van der Waals surface area (Å²) in [5.74, 6) is -1.53. The van der Waals surface area contributed by atoms with Gasteiger partial charge in [-0.2, -0.15) is 13.2 Å². The number of methoxy groups -OCH3 is 1. The number of carbonyl (C=O) groups is 1. The van der Waals surface area contributed by atoms with Crippen molar-refractivity contribution >= 4 is 34.9 Å². The summed E-state index contributed by atoms with van der Waals surface area (Å²) in [4.78, 5) is 27.7. The third-order valence-electron chi connectivity index (χ3n) is 6.80. The topological polar surface area (TPSA) is 104 Å². The zero-order valence-corrected chi connectivity index (χ0v) is 23.3. The number of benzene rings is 2.